The quantitative estimate of drug-likeness (QED) is 0.610. The minimum absolute atomic E-state index is 0.297. The Morgan fingerprint density at radius 3 is 2.67 bits per heavy atom. The lowest BCUT2D eigenvalue weighted by molar-refractivity contribution is 0.270. The van der Waals surface area contributed by atoms with Gasteiger partial charge in [0.25, 0.3) is 0 Å². The van der Waals surface area contributed by atoms with Crippen LogP contribution in [0.3, 0.4) is 0 Å². The third-order valence-electron chi connectivity index (χ3n) is 1.68. The minimum Gasteiger partial charge on any atom is -0.396 e. The zero-order chi connectivity index (χ0) is 9.23. The summed E-state index contributed by atoms with van der Waals surface area (Å²) in [6, 6.07) is 0.500. The van der Waals surface area contributed by atoms with Crippen LogP contribution in [0.25, 0.3) is 0 Å². The Hall–Kier alpha value is 0.270. The molecule has 0 aromatic carbocycles. The van der Waals surface area contributed by atoms with Gasteiger partial charge in [-0.15, -0.1) is 0 Å². The van der Waals surface area contributed by atoms with Crippen LogP contribution in [0, 0.1) is 0 Å². The maximum absolute atomic E-state index is 8.79. The third kappa shape index (κ3) is 6.95. The van der Waals surface area contributed by atoms with Crippen LogP contribution in [-0.2, 0) is 0 Å². The molecule has 3 heteroatoms. The van der Waals surface area contributed by atoms with Crippen molar-refractivity contribution in [3.8, 4) is 0 Å². The van der Waals surface area contributed by atoms with E-state index < -0.39 is 0 Å². The summed E-state index contributed by atoms with van der Waals surface area (Å²) in [5.41, 5.74) is 0. The molecule has 2 N–H and O–H groups in total. The van der Waals surface area contributed by atoms with E-state index in [9.17, 15) is 0 Å². The highest BCUT2D eigenvalue weighted by molar-refractivity contribution is 7.99. The largest absolute Gasteiger partial charge is 0.396 e. The molecular weight excluding hydrogens is 170 g/mol. The summed E-state index contributed by atoms with van der Waals surface area (Å²) in [6.07, 6.45) is 2.05. The molecule has 0 amide bonds. The number of hydrogen-bond acceptors (Lipinski definition) is 3. The van der Waals surface area contributed by atoms with Gasteiger partial charge in [0, 0.05) is 18.4 Å². The lowest BCUT2D eigenvalue weighted by atomic mass is 10.2. The molecule has 0 bridgehead atoms. The fourth-order valence-corrected chi connectivity index (χ4v) is 1.81. The lowest BCUT2D eigenvalue weighted by Gasteiger charge is -2.16. The highest BCUT2D eigenvalue weighted by atomic mass is 32.2. The second kappa shape index (κ2) is 9.36. The van der Waals surface area contributed by atoms with E-state index in [0.717, 1.165) is 24.5 Å². The molecule has 0 fully saturated rings. The number of thioether (sulfide) groups is 1. The number of aliphatic hydroxyl groups excluding tert-OH is 1. The molecule has 1 atom stereocenters. The lowest BCUT2D eigenvalue weighted by Crippen LogP contribution is -2.32. The van der Waals surface area contributed by atoms with Gasteiger partial charge in [0.2, 0.25) is 0 Å². The van der Waals surface area contributed by atoms with Crippen LogP contribution in [0.1, 0.15) is 26.7 Å². The first-order chi connectivity index (χ1) is 5.85. The number of rotatable bonds is 8. The van der Waals surface area contributed by atoms with Crippen LogP contribution in [0.2, 0.25) is 0 Å². The number of hydrogen-bond donors (Lipinski definition) is 2. The van der Waals surface area contributed by atoms with Crippen LogP contribution < -0.4 is 5.32 Å². The van der Waals surface area contributed by atoms with E-state index >= 15 is 0 Å². The zero-order valence-corrected chi connectivity index (χ0v) is 8.99. The van der Waals surface area contributed by atoms with Crippen molar-refractivity contribution in [3.05, 3.63) is 0 Å². The summed E-state index contributed by atoms with van der Waals surface area (Å²) >= 11 is 1.93. The van der Waals surface area contributed by atoms with Gasteiger partial charge in [-0.3, -0.25) is 0 Å². The molecule has 74 valence electrons. The second-order valence-corrected chi connectivity index (χ2v) is 4.14. The van der Waals surface area contributed by atoms with E-state index in [1.54, 1.807) is 0 Å². The van der Waals surface area contributed by atoms with Crippen molar-refractivity contribution in [2.24, 2.45) is 0 Å². The Bertz CT molecular complexity index is 82.6. The first kappa shape index (κ1) is 12.3. The SMILES string of the molecule is CCCNC(CCO)CSCC. The molecule has 0 aliphatic rings. The topological polar surface area (TPSA) is 32.3 Å². The molecule has 0 aliphatic heterocycles. The summed E-state index contributed by atoms with van der Waals surface area (Å²) in [7, 11) is 0. The van der Waals surface area contributed by atoms with Crippen LogP contribution in [0.5, 0.6) is 0 Å². The van der Waals surface area contributed by atoms with Gasteiger partial charge in [0.05, 0.1) is 0 Å². The molecule has 0 aliphatic carbocycles. The van der Waals surface area contributed by atoms with Crippen LogP contribution in [0.4, 0.5) is 0 Å². The van der Waals surface area contributed by atoms with Gasteiger partial charge in [0.15, 0.2) is 0 Å². The summed E-state index contributed by atoms with van der Waals surface area (Å²) in [4.78, 5) is 0. The Labute approximate surface area is 80.1 Å². The maximum atomic E-state index is 8.79. The van der Waals surface area contributed by atoms with Gasteiger partial charge < -0.3 is 10.4 Å². The Morgan fingerprint density at radius 2 is 2.17 bits per heavy atom. The van der Waals surface area contributed by atoms with E-state index in [0.29, 0.717) is 12.6 Å². The molecule has 0 spiro atoms. The first-order valence-corrected chi connectivity index (χ1v) is 5.92. The van der Waals surface area contributed by atoms with Crippen molar-refractivity contribution in [1.82, 2.24) is 5.32 Å². The average Bonchev–Trinajstić information content (AvgIpc) is 2.10. The van der Waals surface area contributed by atoms with Crippen molar-refractivity contribution >= 4 is 11.8 Å². The van der Waals surface area contributed by atoms with Gasteiger partial charge in [-0.2, -0.15) is 11.8 Å². The van der Waals surface area contributed by atoms with Gasteiger partial charge in [-0.05, 0) is 25.1 Å². The standard InChI is InChI=1S/C9H21NOS/c1-3-6-10-9(5-7-11)8-12-4-2/h9-11H,3-8H2,1-2H3. The fourth-order valence-electron chi connectivity index (χ4n) is 1.01. The molecule has 0 saturated heterocycles. The minimum atomic E-state index is 0.297. The number of nitrogens with one attached hydrogen (secondary N) is 1. The Balaban J connectivity index is 3.40. The average molecular weight is 191 g/mol. The van der Waals surface area contributed by atoms with Gasteiger partial charge in [-0.25, -0.2) is 0 Å². The summed E-state index contributed by atoms with van der Waals surface area (Å²) in [5.74, 6) is 2.28. The van der Waals surface area contributed by atoms with E-state index in [2.05, 4.69) is 19.2 Å². The third-order valence-corrected chi connectivity index (χ3v) is 2.73. The normalized spacial score (nSPS) is 13.2. The number of aliphatic hydroxyl groups is 1. The molecule has 0 heterocycles. The van der Waals surface area contributed by atoms with Crippen molar-refractivity contribution in [3.63, 3.8) is 0 Å². The molecule has 0 aromatic heterocycles. The van der Waals surface area contributed by atoms with Crippen LogP contribution in [0.15, 0.2) is 0 Å². The van der Waals surface area contributed by atoms with Crippen molar-refractivity contribution < 1.29 is 5.11 Å². The smallest absolute Gasteiger partial charge is 0.0446 e. The molecule has 0 rings (SSSR count). The first-order valence-electron chi connectivity index (χ1n) is 4.77. The summed E-state index contributed by atoms with van der Waals surface area (Å²) in [6.45, 7) is 5.69. The second-order valence-electron chi connectivity index (χ2n) is 2.82. The highest BCUT2D eigenvalue weighted by Crippen LogP contribution is 2.04. The molecule has 1 unspecified atom stereocenters. The molecule has 0 saturated carbocycles. The van der Waals surface area contributed by atoms with Crippen molar-refractivity contribution in [2.45, 2.75) is 32.7 Å². The van der Waals surface area contributed by atoms with Crippen molar-refractivity contribution in [1.29, 1.82) is 0 Å². The van der Waals surface area contributed by atoms with Crippen molar-refractivity contribution in [2.75, 3.05) is 24.7 Å². The van der Waals surface area contributed by atoms with E-state index in [1.807, 2.05) is 11.8 Å². The Morgan fingerprint density at radius 1 is 1.42 bits per heavy atom. The zero-order valence-electron chi connectivity index (χ0n) is 8.18. The van der Waals surface area contributed by atoms with E-state index in [-0.39, 0.29) is 0 Å². The van der Waals surface area contributed by atoms with E-state index in [1.165, 1.54) is 6.42 Å². The Kier molecular flexibility index (Phi) is 9.57. The highest BCUT2D eigenvalue weighted by Gasteiger charge is 2.05. The van der Waals surface area contributed by atoms with Gasteiger partial charge in [0.1, 0.15) is 0 Å². The van der Waals surface area contributed by atoms with E-state index in [4.69, 9.17) is 5.11 Å². The predicted octanol–water partition coefficient (Wildman–Crippen LogP) is 1.49. The summed E-state index contributed by atoms with van der Waals surface area (Å²) < 4.78 is 0. The summed E-state index contributed by atoms with van der Waals surface area (Å²) in [5, 5.41) is 12.2. The van der Waals surface area contributed by atoms with Crippen LogP contribution in [-0.4, -0.2) is 35.8 Å². The molecule has 2 nitrogen and oxygen atoms in total. The molecule has 12 heavy (non-hydrogen) atoms. The molecule has 0 aromatic rings. The van der Waals surface area contributed by atoms with Crippen LogP contribution >= 0.6 is 11.8 Å². The predicted molar refractivity (Wildman–Crippen MR) is 56.8 cm³/mol. The maximum Gasteiger partial charge on any atom is 0.0446 e. The monoisotopic (exact) mass is 191 g/mol. The molecule has 0 radical (unpaired) electrons. The fraction of sp³-hybridized carbons (Fsp3) is 1.00. The van der Waals surface area contributed by atoms with Gasteiger partial charge in [-0.1, -0.05) is 13.8 Å². The van der Waals surface area contributed by atoms with Gasteiger partial charge >= 0.3 is 0 Å². The molecular formula is C9H21NOS.